The standard InChI is InChI=1S/C9H9N3O3/c13-8(14)6-10-9(15)12-11-7-4-2-1-3-5-7/h1-5H,6H2,(H,10,15)(H,13,14). The fourth-order valence-corrected chi connectivity index (χ4v) is 0.784. The highest BCUT2D eigenvalue weighted by atomic mass is 16.4. The Morgan fingerprint density at radius 2 is 1.93 bits per heavy atom. The third-order valence-electron chi connectivity index (χ3n) is 1.40. The van der Waals surface area contributed by atoms with Gasteiger partial charge in [0.1, 0.15) is 6.54 Å². The number of amides is 2. The maximum absolute atomic E-state index is 10.9. The van der Waals surface area contributed by atoms with E-state index < -0.39 is 18.5 Å². The Bertz CT molecular complexity index is 375. The van der Waals surface area contributed by atoms with E-state index in [0.29, 0.717) is 5.69 Å². The van der Waals surface area contributed by atoms with Crippen LogP contribution in [-0.2, 0) is 4.79 Å². The summed E-state index contributed by atoms with van der Waals surface area (Å²) in [5.74, 6) is -1.13. The molecule has 0 unspecified atom stereocenters. The molecule has 0 bridgehead atoms. The number of nitrogens with zero attached hydrogens (tertiary/aromatic N) is 2. The van der Waals surface area contributed by atoms with E-state index in [-0.39, 0.29) is 0 Å². The summed E-state index contributed by atoms with van der Waals surface area (Å²) in [6, 6.07) is 7.89. The highest BCUT2D eigenvalue weighted by Crippen LogP contribution is 2.09. The van der Waals surface area contributed by atoms with Crippen LogP contribution in [0.25, 0.3) is 0 Å². The second-order valence-corrected chi connectivity index (χ2v) is 2.59. The third kappa shape index (κ3) is 4.51. The van der Waals surface area contributed by atoms with E-state index in [1.165, 1.54) is 0 Å². The van der Waals surface area contributed by atoms with Gasteiger partial charge in [-0.2, -0.15) is 0 Å². The van der Waals surface area contributed by atoms with Crippen molar-refractivity contribution >= 4 is 17.7 Å². The first-order valence-corrected chi connectivity index (χ1v) is 4.15. The second-order valence-electron chi connectivity index (χ2n) is 2.59. The van der Waals surface area contributed by atoms with Crippen LogP contribution in [0, 0.1) is 0 Å². The maximum atomic E-state index is 10.9. The minimum Gasteiger partial charge on any atom is -0.480 e. The highest BCUT2D eigenvalue weighted by Gasteiger charge is 2.00. The van der Waals surface area contributed by atoms with E-state index in [2.05, 4.69) is 15.5 Å². The van der Waals surface area contributed by atoms with Gasteiger partial charge in [0.15, 0.2) is 0 Å². The van der Waals surface area contributed by atoms with E-state index in [4.69, 9.17) is 5.11 Å². The third-order valence-corrected chi connectivity index (χ3v) is 1.40. The number of carboxylic acid groups (broad SMARTS) is 1. The smallest absolute Gasteiger partial charge is 0.360 e. The summed E-state index contributed by atoms with van der Waals surface area (Å²) in [5, 5.41) is 17.2. The number of urea groups is 1. The van der Waals surface area contributed by atoms with Crippen molar-refractivity contribution < 1.29 is 14.7 Å². The molecule has 2 N–H and O–H groups in total. The van der Waals surface area contributed by atoms with Crippen LogP contribution < -0.4 is 5.32 Å². The average molecular weight is 207 g/mol. The number of carbonyl (C=O) groups is 2. The summed E-state index contributed by atoms with van der Waals surface area (Å²) in [6.45, 7) is -0.466. The van der Waals surface area contributed by atoms with Crippen LogP contribution in [-0.4, -0.2) is 23.7 Å². The first kappa shape index (κ1) is 10.8. The average Bonchev–Trinajstić information content (AvgIpc) is 2.25. The first-order valence-electron chi connectivity index (χ1n) is 4.15. The van der Waals surface area contributed by atoms with Gasteiger partial charge in [-0.1, -0.05) is 23.3 Å². The van der Waals surface area contributed by atoms with Gasteiger partial charge in [-0.25, -0.2) is 4.79 Å². The van der Waals surface area contributed by atoms with Crippen molar-refractivity contribution in [1.82, 2.24) is 5.32 Å². The van der Waals surface area contributed by atoms with E-state index in [1.54, 1.807) is 24.3 Å². The molecule has 0 atom stereocenters. The van der Waals surface area contributed by atoms with Gasteiger partial charge in [0.05, 0.1) is 5.69 Å². The molecule has 0 aliphatic rings. The molecule has 0 fully saturated rings. The molecule has 0 aliphatic carbocycles. The molecular weight excluding hydrogens is 198 g/mol. The van der Waals surface area contributed by atoms with Crippen LogP contribution in [0.2, 0.25) is 0 Å². The molecule has 15 heavy (non-hydrogen) atoms. The number of azo groups is 1. The lowest BCUT2D eigenvalue weighted by Gasteiger charge is -1.94. The molecule has 6 nitrogen and oxygen atoms in total. The van der Waals surface area contributed by atoms with Gasteiger partial charge in [-0.05, 0) is 12.1 Å². The molecule has 0 radical (unpaired) electrons. The summed E-state index contributed by atoms with van der Waals surface area (Å²) >= 11 is 0. The lowest BCUT2D eigenvalue weighted by atomic mass is 10.3. The summed E-state index contributed by atoms with van der Waals surface area (Å²) in [5.41, 5.74) is 0.531. The number of hydrogen-bond donors (Lipinski definition) is 2. The molecule has 0 saturated carbocycles. The maximum Gasteiger partial charge on any atom is 0.360 e. The van der Waals surface area contributed by atoms with E-state index in [1.807, 2.05) is 6.07 Å². The predicted octanol–water partition coefficient (Wildman–Crippen LogP) is 1.56. The largest absolute Gasteiger partial charge is 0.480 e. The Kier molecular flexibility index (Phi) is 3.96. The number of hydrogen-bond acceptors (Lipinski definition) is 3. The Labute approximate surface area is 85.6 Å². The second kappa shape index (κ2) is 5.48. The Morgan fingerprint density at radius 3 is 2.53 bits per heavy atom. The minimum absolute atomic E-state index is 0.466. The van der Waals surface area contributed by atoms with E-state index >= 15 is 0 Å². The van der Waals surface area contributed by atoms with Crippen LogP contribution in [0.5, 0.6) is 0 Å². The van der Waals surface area contributed by atoms with Crippen molar-refractivity contribution in [3.63, 3.8) is 0 Å². The van der Waals surface area contributed by atoms with Gasteiger partial charge < -0.3 is 10.4 Å². The summed E-state index contributed by atoms with van der Waals surface area (Å²) in [4.78, 5) is 21.0. The molecule has 2 amide bonds. The normalized spacial score (nSPS) is 10.1. The van der Waals surface area contributed by atoms with Crippen molar-refractivity contribution in [3.8, 4) is 0 Å². The van der Waals surface area contributed by atoms with E-state index in [9.17, 15) is 9.59 Å². The van der Waals surface area contributed by atoms with Gasteiger partial charge in [0.25, 0.3) is 0 Å². The topological polar surface area (TPSA) is 91.1 Å². The number of rotatable bonds is 3. The van der Waals surface area contributed by atoms with Crippen LogP contribution in [0.4, 0.5) is 10.5 Å². The van der Waals surface area contributed by atoms with Gasteiger partial charge in [0.2, 0.25) is 0 Å². The quantitative estimate of drug-likeness (QED) is 0.737. The Morgan fingerprint density at radius 1 is 1.27 bits per heavy atom. The molecule has 1 rings (SSSR count). The van der Waals surface area contributed by atoms with Crippen LogP contribution >= 0.6 is 0 Å². The first-order chi connectivity index (χ1) is 7.18. The number of carbonyl (C=O) groups excluding carboxylic acids is 1. The zero-order valence-corrected chi connectivity index (χ0v) is 7.75. The van der Waals surface area contributed by atoms with Gasteiger partial charge in [-0.15, -0.1) is 5.11 Å². The lowest BCUT2D eigenvalue weighted by Crippen LogP contribution is -2.26. The molecule has 0 aromatic heterocycles. The Hall–Kier alpha value is -2.24. The molecule has 6 heteroatoms. The summed E-state index contributed by atoms with van der Waals surface area (Å²) in [6.07, 6.45) is 0. The molecule has 0 saturated heterocycles. The molecule has 78 valence electrons. The zero-order chi connectivity index (χ0) is 11.1. The molecular formula is C9H9N3O3. The minimum atomic E-state index is -1.13. The lowest BCUT2D eigenvalue weighted by molar-refractivity contribution is -0.135. The summed E-state index contributed by atoms with van der Waals surface area (Å²) in [7, 11) is 0. The van der Waals surface area contributed by atoms with Crippen molar-refractivity contribution in [2.45, 2.75) is 0 Å². The van der Waals surface area contributed by atoms with Crippen LogP contribution in [0.1, 0.15) is 0 Å². The number of aliphatic carboxylic acids is 1. The fraction of sp³-hybridized carbons (Fsp3) is 0.111. The zero-order valence-electron chi connectivity index (χ0n) is 7.75. The van der Waals surface area contributed by atoms with E-state index in [0.717, 1.165) is 0 Å². The van der Waals surface area contributed by atoms with Gasteiger partial charge >= 0.3 is 12.0 Å². The van der Waals surface area contributed by atoms with Gasteiger partial charge in [0, 0.05) is 0 Å². The van der Waals surface area contributed by atoms with Crippen molar-refractivity contribution in [2.24, 2.45) is 10.2 Å². The molecule has 1 aromatic carbocycles. The van der Waals surface area contributed by atoms with Crippen LogP contribution in [0.15, 0.2) is 40.6 Å². The highest BCUT2D eigenvalue weighted by molar-refractivity contribution is 5.80. The molecule has 0 spiro atoms. The predicted molar refractivity (Wildman–Crippen MR) is 52.0 cm³/mol. The fourth-order valence-electron chi connectivity index (χ4n) is 0.784. The molecule has 1 aromatic rings. The van der Waals surface area contributed by atoms with Gasteiger partial charge in [-0.3, -0.25) is 4.79 Å². The van der Waals surface area contributed by atoms with Crippen molar-refractivity contribution in [1.29, 1.82) is 0 Å². The summed E-state index contributed by atoms with van der Waals surface area (Å²) < 4.78 is 0. The number of carboxylic acids is 1. The number of benzene rings is 1. The van der Waals surface area contributed by atoms with Crippen molar-refractivity contribution in [3.05, 3.63) is 30.3 Å². The van der Waals surface area contributed by atoms with Crippen LogP contribution in [0.3, 0.4) is 0 Å². The molecule has 0 heterocycles. The molecule has 0 aliphatic heterocycles. The number of nitrogens with one attached hydrogen (secondary N) is 1. The Balaban J connectivity index is 2.44. The SMILES string of the molecule is O=C(O)CNC(=O)N=Nc1ccccc1. The van der Waals surface area contributed by atoms with Crippen molar-refractivity contribution in [2.75, 3.05) is 6.54 Å². The monoisotopic (exact) mass is 207 g/mol.